The van der Waals surface area contributed by atoms with Crippen molar-refractivity contribution in [3.8, 4) is 0 Å². The van der Waals surface area contributed by atoms with E-state index in [4.69, 9.17) is 4.74 Å². The van der Waals surface area contributed by atoms with E-state index in [0.29, 0.717) is 21.5 Å². The Morgan fingerprint density at radius 1 is 1.25 bits per heavy atom. The Hall–Kier alpha value is -2.62. The summed E-state index contributed by atoms with van der Waals surface area (Å²) >= 11 is 3.22. The number of anilines is 1. The van der Waals surface area contributed by atoms with Crippen LogP contribution >= 0.6 is 15.9 Å². The van der Waals surface area contributed by atoms with Gasteiger partial charge in [-0.15, -0.1) is 0 Å². The quantitative estimate of drug-likeness (QED) is 0.664. The minimum absolute atomic E-state index is 0.0764. The molecule has 0 aliphatic rings. The number of hydrogen-bond acceptors (Lipinski definition) is 4. The minimum Gasteiger partial charge on any atom is -0.462 e. The van der Waals surface area contributed by atoms with E-state index in [9.17, 15) is 27.6 Å². The zero-order chi connectivity index (χ0) is 20.9. The summed E-state index contributed by atoms with van der Waals surface area (Å²) in [5.41, 5.74) is -2.50. The van der Waals surface area contributed by atoms with Crippen LogP contribution in [0.4, 0.5) is 18.9 Å². The number of ether oxygens (including phenoxy) is 1. The molecular formula is C18H16BrF3N2O4. The minimum atomic E-state index is -4.82. The first-order chi connectivity index (χ1) is 13.1. The van der Waals surface area contributed by atoms with Gasteiger partial charge in [0.05, 0.1) is 17.9 Å². The Labute approximate surface area is 166 Å². The first kappa shape index (κ1) is 21.7. The van der Waals surface area contributed by atoms with Gasteiger partial charge in [0, 0.05) is 10.7 Å². The van der Waals surface area contributed by atoms with Crippen LogP contribution in [0.3, 0.4) is 0 Å². The summed E-state index contributed by atoms with van der Waals surface area (Å²) in [4.78, 5) is 36.3. The molecule has 0 fully saturated rings. The van der Waals surface area contributed by atoms with Gasteiger partial charge in [0.15, 0.2) is 0 Å². The number of benzene rings is 1. The number of halogens is 4. The number of pyridine rings is 1. The SMILES string of the molecule is CCCOC(=O)c1cc(Br)ccc1NC(=O)Cn1cccc(C(F)(F)F)c1=O. The molecule has 28 heavy (non-hydrogen) atoms. The number of alkyl halides is 3. The second kappa shape index (κ2) is 9.05. The number of nitrogens with one attached hydrogen (secondary N) is 1. The lowest BCUT2D eigenvalue weighted by Gasteiger charge is -2.13. The molecule has 2 rings (SSSR count). The number of carbonyl (C=O) groups excluding carboxylic acids is 2. The third kappa shape index (κ3) is 5.44. The molecule has 0 saturated carbocycles. The summed E-state index contributed by atoms with van der Waals surface area (Å²) < 4.78 is 44.7. The Morgan fingerprint density at radius 2 is 1.96 bits per heavy atom. The second-order valence-electron chi connectivity index (χ2n) is 5.73. The number of carbonyl (C=O) groups is 2. The first-order valence-electron chi connectivity index (χ1n) is 8.16. The molecule has 1 aromatic carbocycles. The van der Waals surface area contributed by atoms with Crippen molar-refractivity contribution in [1.82, 2.24) is 4.57 Å². The molecule has 0 spiro atoms. The Bertz CT molecular complexity index is 941. The van der Waals surface area contributed by atoms with Gasteiger partial charge in [-0.3, -0.25) is 9.59 Å². The molecule has 1 N–H and O–H groups in total. The number of aromatic nitrogens is 1. The third-order valence-corrected chi connectivity index (χ3v) is 4.05. The predicted molar refractivity (Wildman–Crippen MR) is 99.0 cm³/mol. The average Bonchev–Trinajstić information content (AvgIpc) is 2.62. The topological polar surface area (TPSA) is 77.4 Å². The molecule has 0 saturated heterocycles. The number of nitrogens with zero attached hydrogens (tertiary/aromatic N) is 1. The van der Waals surface area contributed by atoms with Crippen molar-refractivity contribution in [1.29, 1.82) is 0 Å². The number of amides is 1. The van der Waals surface area contributed by atoms with Crippen LogP contribution in [0.1, 0.15) is 29.3 Å². The zero-order valence-electron chi connectivity index (χ0n) is 14.7. The van der Waals surface area contributed by atoms with E-state index in [1.165, 1.54) is 12.1 Å². The van der Waals surface area contributed by atoms with Crippen LogP contribution < -0.4 is 10.9 Å². The summed E-state index contributed by atoms with van der Waals surface area (Å²) in [5, 5.41) is 2.43. The molecule has 0 radical (unpaired) electrons. The predicted octanol–water partition coefficient (Wildman–Crippen LogP) is 3.84. The number of hydrogen-bond donors (Lipinski definition) is 1. The van der Waals surface area contributed by atoms with Gasteiger partial charge in [-0.05, 0) is 36.8 Å². The lowest BCUT2D eigenvalue weighted by molar-refractivity contribution is -0.139. The van der Waals surface area contributed by atoms with Crippen molar-refractivity contribution in [2.75, 3.05) is 11.9 Å². The van der Waals surface area contributed by atoms with E-state index in [1.54, 1.807) is 6.07 Å². The van der Waals surface area contributed by atoms with Crippen LogP contribution in [-0.2, 0) is 22.3 Å². The van der Waals surface area contributed by atoms with Crippen molar-refractivity contribution in [3.05, 3.63) is 62.5 Å². The van der Waals surface area contributed by atoms with Gasteiger partial charge in [0.1, 0.15) is 12.1 Å². The van der Waals surface area contributed by atoms with E-state index in [-0.39, 0.29) is 17.9 Å². The van der Waals surface area contributed by atoms with Crippen molar-refractivity contribution in [2.45, 2.75) is 26.1 Å². The number of esters is 1. The Balaban J connectivity index is 2.23. The third-order valence-electron chi connectivity index (χ3n) is 3.55. The zero-order valence-corrected chi connectivity index (χ0v) is 16.3. The van der Waals surface area contributed by atoms with Crippen LogP contribution in [0.2, 0.25) is 0 Å². The fourth-order valence-corrected chi connectivity index (χ4v) is 2.65. The average molecular weight is 461 g/mol. The van der Waals surface area contributed by atoms with Crippen LogP contribution in [0.5, 0.6) is 0 Å². The maximum atomic E-state index is 12.8. The smallest absolute Gasteiger partial charge is 0.421 e. The largest absolute Gasteiger partial charge is 0.462 e. The second-order valence-corrected chi connectivity index (χ2v) is 6.64. The van der Waals surface area contributed by atoms with Crippen molar-refractivity contribution in [2.24, 2.45) is 0 Å². The van der Waals surface area contributed by atoms with E-state index >= 15 is 0 Å². The van der Waals surface area contributed by atoms with Gasteiger partial charge >= 0.3 is 12.1 Å². The summed E-state index contributed by atoms with van der Waals surface area (Å²) in [6.07, 6.45) is -3.13. The normalized spacial score (nSPS) is 11.2. The Kier molecular flexibility index (Phi) is 7.00. The summed E-state index contributed by atoms with van der Waals surface area (Å²) in [6, 6.07) is 6.14. The molecule has 0 atom stereocenters. The molecule has 10 heteroatoms. The highest BCUT2D eigenvalue weighted by molar-refractivity contribution is 9.10. The van der Waals surface area contributed by atoms with Crippen molar-refractivity contribution < 1.29 is 27.5 Å². The summed E-state index contributed by atoms with van der Waals surface area (Å²) in [5.74, 6) is -1.43. The van der Waals surface area contributed by atoms with Crippen LogP contribution in [0.25, 0.3) is 0 Å². The van der Waals surface area contributed by atoms with Gasteiger partial charge in [-0.1, -0.05) is 22.9 Å². The molecular weight excluding hydrogens is 445 g/mol. The van der Waals surface area contributed by atoms with E-state index in [1.807, 2.05) is 6.92 Å². The highest BCUT2D eigenvalue weighted by Crippen LogP contribution is 2.26. The monoisotopic (exact) mass is 460 g/mol. The lowest BCUT2D eigenvalue weighted by atomic mass is 10.1. The molecule has 0 bridgehead atoms. The molecule has 0 aliphatic heterocycles. The highest BCUT2D eigenvalue weighted by Gasteiger charge is 2.34. The molecule has 1 heterocycles. The molecule has 1 amide bonds. The van der Waals surface area contributed by atoms with Crippen molar-refractivity contribution in [3.63, 3.8) is 0 Å². The van der Waals surface area contributed by atoms with Gasteiger partial charge in [0.25, 0.3) is 5.56 Å². The van der Waals surface area contributed by atoms with E-state index < -0.39 is 35.7 Å². The fourth-order valence-electron chi connectivity index (χ4n) is 2.29. The molecule has 0 unspecified atom stereocenters. The first-order valence-corrected chi connectivity index (χ1v) is 8.96. The number of rotatable bonds is 6. The lowest BCUT2D eigenvalue weighted by Crippen LogP contribution is -2.32. The maximum Gasteiger partial charge on any atom is 0.421 e. The van der Waals surface area contributed by atoms with E-state index in [2.05, 4.69) is 21.2 Å². The van der Waals surface area contributed by atoms with Gasteiger partial charge in [-0.2, -0.15) is 13.2 Å². The highest BCUT2D eigenvalue weighted by atomic mass is 79.9. The van der Waals surface area contributed by atoms with Gasteiger partial charge in [-0.25, -0.2) is 4.79 Å². The van der Waals surface area contributed by atoms with Gasteiger partial charge < -0.3 is 14.6 Å². The van der Waals surface area contributed by atoms with Crippen LogP contribution in [-0.4, -0.2) is 23.1 Å². The maximum absolute atomic E-state index is 12.8. The molecule has 6 nitrogen and oxygen atoms in total. The summed E-state index contributed by atoms with van der Waals surface area (Å²) in [7, 11) is 0. The molecule has 0 aliphatic carbocycles. The standard InChI is InChI=1S/C18H16BrF3N2O4/c1-2-8-28-17(27)12-9-11(19)5-6-14(12)23-15(25)10-24-7-3-4-13(16(24)26)18(20,21)22/h3-7,9H,2,8,10H2,1H3,(H,23,25). The van der Waals surface area contributed by atoms with Crippen LogP contribution in [0.15, 0.2) is 45.8 Å². The molecule has 150 valence electrons. The molecule has 2 aromatic rings. The summed E-state index contributed by atoms with van der Waals surface area (Å²) in [6.45, 7) is 1.37. The molecule has 1 aromatic heterocycles. The van der Waals surface area contributed by atoms with Crippen molar-refractivity contribution >= 4 is 33.5 Å². The Morgan fingerprint density at radius 3 is 2.61 bits per heavy atom. The van der Waals surface area contributed by atoms with Gasteiger partial charge in [0.2, 0.25) is 5.91 Å². The van der Waals surface area contributed by atoms with E-state index in [0.717, 1.165) is 12.3 Å². The fraction of sp³-hybridized carbons (Fsp3) is 0.278. The van der Waals surface area contributed by atoms with Crippen LogP contribution in [0, 0.1) is 0 Å².